The highest BCUT2D eigenvalue weighted by molar-refractivity contribution is 8.00. The quantitative estimate of drug-likeness (QED) is 0.615. The fraction of sp³-hybridized carbons (Fsp3) is 0.333. The molecule has 7 heteroatoms. The number of aromatic nitrogens is 4. The maximum absolute atomic E-state index is 12.4. The van der Waals surface area contributed by atoms with Gasteiger partial charge in [-0.25, -0.2) is 0 Å². The Labute approximate surface area is 169 Å². The highest BCUT2D eigenvalue weighted by Crippen LogP contribution is 2.31. The molecule has 0 aliphatic carbocycles. The Kier molecular flexibility index (Phi) is 6.46. The molecule has 0 aliphatic heterocycles. The van der Waals surface area contributed by atoms with Crippen LogP contribution in [0.2, 0.25) is 0 Å². The molecule has 1 aromatic carbocycles. The van der Waals surface area contributed by atoms with E-state index in [1.165, 1.54) is 11.8 Å². The van der Waals surface area contributed by atoms with Crippen LogP contribution in [0.4, 0.5) is 0 Å². The van der Waals surface area contributed by atoms with Crippen LogP contribution < -0.4 is 5.32 Å². The summed E-state index contributed by atoms with van der Waals surface area (Å²) >= 11 is 1.41. The predicted molar refractivity (Wildman–Crippen MR) is 112 cm³/mol. The van der Waals surface area contributed by atoms with E-state index in [4.69, 9.17) is 0 Å². The third kappa shape index (κ3) is 4.59. The van der Waals surface area contributed by atoms with Crippen molar-refractivity contribution in [3.8, 4) is 17.1 Å². The number of hydrogen-bond donors (Lipinski definition) is 1. The molecular weight excluding hydrogens is 370 g/mol. The summed E-state index contributed by atoms with van der Waals surface area (Å²) < 4.78 is 2.00. The molecule has 6 nitrogen and oxygen atoms in total. The number of para-hydroxylation sites is 1. The monoisotopic (exact) mass is 395 g/mol. The van der Waals surface area contributed by atoms with Crippen LogP contribution in [0.15, 0.2) is 53.9 Å². The van der Waals surface area contributed by atoms with E-state index in [1.807, 2.05) is 41.8 Å². The highest BCUT2D eigenvalue weighted by atomic mass is 32.2. The van der Waals surface area contributed by atoms with E-state index in [2.05, 4.69) is 47.3 Å². The van der Waals surface area contributed by atoms with E-state index >= 15 is 0 Å². The topological polar surface area (TPSA) is 72.7 Å². The molecule has 0 aliphatic rings. The van der Waals surface area contributed by atoms with Gasteiger partial charge in [0.25, 0.3) is 0 Å². The number of nitrogens with one attached hydrogen (secondary N) is 1. The number of carbonyl (C=O) groups is 1. The first-order chi connectivity index (χ1) is 13.5. The molecule has 146 valence electrons. The number of hydrogen-bond acceptors (Lipinski definition) is 5. The molecule has 1 N–H and O–H groups in total. The van der Waals surface area contributed by atoms with Gasteiger partial charge in [0.05, 0.1) is 10.9 Å². The lowest BCUT2D eigenvalue weighted by atomic mass is 10.2. The van der Waals surface area contributed by atoms with E-state index in [9.17, 15) is 4.79 Å². The zero-order valence-corrected chi connectivity index (χ0v) is 17.4. The van der Waals surface area contributed by atoms with Gasteiger partial charge in [-0.15, -0.1) is 10.2 Å². The Bertz CT molecular complexity index is 939. The van der Waals surface area contributed by atoms with E-state index in [0.717, 1.165) is 16.8 Å². The molecule has 2 aromatic heterocycles. The fourth-order valence-corrected chi connectivity index (χ4v) is 3.60. The Morgan fingerprint density at radius 3 is 2.61 bits per heavy atom. The molecule has 0 fully saturated rings. The number of nitrogens with zero attached hydrogens (tertiary/aromatic N) is 4. The molecule has 1 atom stereocenters. The van der Waals surface area contributed by atoms with Crippen LogP contribution in [0.25, 0.3) is 17.1 Å². The summed E-state index contributed by atoms with van der Waals surface area (Å²) in [5, 5.41) is 12.2. The van der Waals surface area contributed by atoms with Gasteiger partial charge >= 0.3 is 0 Å². The molecule has 0 saturated heterocycles. The molecule has 3 aromatic rings. The van der Waals surface area contributed by atoms with E-state index in [1.54, 1.807) is 12.4 Å². The largest absolute Gasteiger partial charge is 0.355 e. The van der Waals surface area contributed by atoms with Crippen LogP contribution in [-0.4, -0.2) is 37.5 Å². The summed E-state index contributed by atoms with van der Waals surface area (Å²) in [6.45, 7) is 8.76. The number of aryl methyl sites for hydroxylation is 1. The Morgan fingerprint density at radius 1 is 1.14 bits per heavy atom. The van der Waals surface area contributed by atoms with Crippen molar-refractivity contribution < 1.29 is 4.79 Å². The average Bonchev–Trinajstić information content (AvgIpc) is 3.10. The summed E-state index contributed by atoms with van der Waals surface area (Å²) in [6.07, 6.45) is 3.50. The maximum atomic E-state index is 12.4. The van der Waals surface area contributed by atoms with Crippen molar-refractivity contribution in [2.45, 2.75) is 38.1 Å². The molecule has 0 bridgehead atoms. The number of thioether (sulfide) groups is 1. The number of pyridine rings is 1. The molecule has 2 heterocycles. The summed E-state index contributed by atoms with van der Waals surface area (Å²) in [7, 11) is 0. The molecular formula is C21H25N5OS. The van der Waals surface area contributed by atoms with Gasteiger partial charge in [0, 0.05) is 24.5 Å². The zero-order valence-electron chi connectivity index (χ0n) is 16.6. The highest BCUT2D eigenvalue weighted by Gasteiger charge is 2.22. The van der Waals surface area contributed by atoms with Gasteiger partial charge in [0.15, 0.2) is 11.0 Å². The van der Waals surface area contributed by atoms with E-state index < -0.39 is 0 Å². The maximum Gasteiger partial charge on any atom is 0.233 e. The van der Waals surface area contributed by atoms with Gasteiger partial charge in [-0.05, 0) is 43.5 Å². The van der Waals surface area contributed by atoms with Crippen LogP contribution in [0, 0.1) is 12.8 Å². The lowest BCUT2D eigenvalue weighted by Gasteiger charge is -2.15. The van der Waals surface area contributed by atoms with Crippen LogP contribution in [0.5, 0.6) is 0 Å². The average molecular weight is 396 g/mol. The van der Waals surface area contributed by atoms with Crippen molar-refractivity contribution >= 4 is 17.7 Å². The van der Waals surface area contributed by atoms with Gasteiger partial charge in [-0.2, -0.15) is 0 Å². The zero-order chi connectivity index (χ0) is 20.1. The second kappa shape index (κ2) is 9.01. The fourth-order valence-electron chi connectivity index (χ4n) is 2.72. The minimum absolute atomic E-state index is 0.000890. The smallest absolute Gasteiger partial charge is 0.233 e. The second-order valence-electron chi connectivity index (χ2n) is 7.07. The summed E-state index contributed by atoms with van der Waals surface area (Å²) in [5.74, 6) is 1.12. The van der Waals surface area contributed by atoms with Crippen LogP contribution in [0.1, 0.15) is 26.3 Å². The molecule has 1 amide bonds. The van der Waals surface area contributed by atoms with Crippen molar-refractivity contribution in [2.75, 3.05) is 6.54 Å². The van der Waals surface area contributed by atoms with Crippen LogP contribution in [0.3, 0.4) is 0 Å². The second-order valence-corrected chi connectivity index (χ2v) is 8.38. The summed E-state index contributed by atoms with van der Waals surface area (Å²) in [5.41, 5.74) is 2.97. The molecule has 0 radical (unpaired) electrons. The third-order valence-corrected chi connectivity index (χ3v) is 5.29. The van der Waals surface area contributed by atoms with Crippen LogP contribution in [-0.2, 0) is 4.79 Å². The Hall–Kier alpha value is -2.67. The lowest BCUT2D eigenvalue weighted by Crippen LogP contribution is -2.33. The van der Waals surface area contributed by atoms with Crippen LogP contribution >= 0.6 is 11.8 Å². The first-order valence-electron chi connectivity index (χ1n) is 9.33. The lowest BCUT2D eigenvalue weighted by molar-refractivity contribution is -0.120. The number of carbonyl (C=O) groups excluding carboxylic acids is 1. The van der Waals surface area contributed by atoms with Crippen molar-refractivity contribution in [2.24, 2.45) is 5.92 Å². The summed E-state index contributed by atoms with van der Waals surface area (Å²) in [6, 6.07) is 11.9. The standard InChI is InChI=1S/C21H25N5OS/c1-14(2)12-23-20(27)16(4)28-21-25-24-19(17-9-7-11-22-13-17)26(21)18-10-6-5-8-15(18)3/h5-11,13-14,16H,12H2,1-4H3,(H,23,27). The molecule has 3 rings (SSSR count). The molecule has 28 heavy (non-hydrogen) atoms. The SMILES string of the molecule is Cc1ccccc1-n1c(SC(C)C(=O)NCC(C)C)nnc1-c1cccnc1. The van der Waals surface area contributed by atoms with Gasteiger partial charge in [0.1, 0.15) is 0 Å². The van der Waals surface area contributed by atoms with Crippen molar-refractivity contribution in [1.29, 1.82) is 0 Å². The minimum atomic E-state index is -0.285. The van der Waals surface area contributed by atoms with Crippen molar-refractivity contribution in [1.82, 2.24) is 25.1 Å². The third-order valence-electron chi connectivity index (χ3n) is 4.25. The Balaban J connectivity index is 1.97. The van der Waals surface area contributed by atoms with Gasteiger partial charge < -0.3 is 5.32 Å². The minimum Gasteiger partial charge on any atom is -0.355 e. The molecule has 0 spiro atoms. The van der Waals surface area contributed by atoms with Gasteiger partial charge in [-0.1, -0.05) is 43.8 Å². The van der Waals surface area contributed by atoms with Gasteiger partial charge in [0.2, 0.25) is 5.91 Å². The predicted octanol–water partition coefficient (Wildman–Crippen LogP) is 3.89. The number of amides is 1. The number of benzene rings is 1. The van der Waals surface area contributed by atoms with E-state index in [-0.39, 0.29) is 11.2 Å². The Morgan fingerprint density at radius 2 is 1.93 bits per heavy atom. The van der Waals surface area contributed by atoms with Gasteiger partial charge in [-0.3, -0.25) is 14.3 Å². The van der Waals surface area contributed by atoms with Crippen molar-refractivity contribution in [3.63, 3.8) is 0 Å². The first-order valence-corrected chi connectivity index (χ1v) is 10.2. The molecule has 1 unspecified atom stereocenters. The van der Waals surface area contributed by atoms with E-state index in [0.29, 0.717) is 23.4 Å². The number of rotatable bonds is 7. The molecule has 0 saturated carbocycles. The summed E-state index contributed by atoms with van der Waals surface area (Å²) in [4.78, 5) is 16.6. The normalized spacial score (nSPS) is 12.2. The van der Waals surface area contributed by atoms with Crippen molar-refractivity contribution in [3.05, 3.63) is 54.4 Å². The first kappa shape index (κ1) is 20.1.